The molecule has 0 aliphatic carbocycles. The van der Waals surface area contributed by atoms with Gasteiger partial charge in [-0.1, -0.05) is 35.9 Å². The molecule has 2 amide bonds. The molecule has 1 atom stereocenters. The number of amides is 2. The molecular formula is C19H20ClN3O2. The zero-order valence-electron chi connectivity index (χ0n) is 13.9. The first-order chi connectivity index (χ1) is 12.1. The Morgan fingerprint density at radius 3 is 2.68 bits per heavy atom. The Morgan fingerprint density at radius 2 is 1.96 bits per heavy atom. The van der Waals surface area contributed by atoms with Crippen LogP contribution in [0.2, 0.25) is 5.02 Å². The molecule has 130 valence electrons. The number of carbonyl (C=O) groups excluding carboxylic acids is 2. The lowest BCUT2D eigenvalue weighted by Crippen LogP contribution is -2.44. The molecule has 25 heavy (non-hydrogen) atoms. The fraction of sp³-hybridized carbons (Fsp3) is 0.263. The summed E-state index contributed by atoms with van der Waals surface area (Å²) in [6, 6.07) is 12.7. The SMILES string of the molecule is CCNC(=O)c1ccc(NC(=O)[C@H]2Cc3ccccc3CN2)cc1Cl. The third-order valence-electron chi connectivity index (χ3n) is 4.22. The smallest absolute Gasteiger partial charge is 0.252 e. The summed E-state index contributed by atoms with van der Waals surface area (Å²) in [6.45, 7) is 3.04. The number of nitrogens with one attached hydrogen (secondary N) is 3. The van der Waals surface area contributed by atoms with E-state index in [1.165, 1.54) is 11.1 Å². The average Bonchev–Trinajstić information content (AvgIpc) is 2.61. The topological polar surface area (TPSA) is 70.2 Å². The Bertz CT molecular complexity index is 807. The van der Waals surface area contributed by atoms with E-state index in [0.29, 0.717) is 35.8 Å². The van der Waals surface area contributed by atoms with Crippen molar-refractivity contribution in [3.05, 3.63) is 64.2 Å². The van der Waals surface area contributed by atoms with Crippen molar-refractivity contribution >= 4 is 29.1 Å². The summed E-state index contributed by atoms with van der Waals surface area (Å²) in [5.41, 5.74) is 3.38. The predicted octanol–water partition coefficient (Wildman–Crippen LogP) is 2.74. The van der Waals surface area contributed by atoms with Gasteiger partial charge in [0.15, 0.2) is 0 Å². The van der Waals surface area contributed by atoms with Gasteiger partial charge in [-0.25, -0.2) is 0 Å². The van der Waals surface area contributed by atoms with E-state index in [4.69, 9.17) is 11.6 Å². The summed E-state index contributed by atoms with van der Waals surface area (Å²) in [6.07, 6.45) is 0.646. The second-order valence-electron chi connectivity index (χ2n) is 5.95. The van der Waals surface area contributed by atoms with Crippen LogP contribution in [0.1, 0.15) is 28.4 Å². The minimum Gasteiger partial charge on any atom is -0.352 e. The average molecular weight is 358 g/mol. The molecule has 1 aliphatic rings. The number of benzene rings is 2. The van der Waals surface area contributed by atoms with E-state index >= 15 is 0 Å². The molecule has 3 rings (SSSR count). The number of rotatable bonds is 4. The second kappa shape index (κ2) is 7.68. The van der Waals surface area contributed by atoms with Gasteiger partial charge in [0.25, 0.3) is 5.91 Å². The summed E-state index contributed by atoms with van der Waals surface area (Å²) >= 11 is 6.17. The third-order valence-corrected chi connectivity index (χ3v) is 4.53. The highest BCUT2D eigenvalue weighted by Gasteiger charge is 2.24. The lowest BCUT2D eigenvalue weighted by molar-refractivity contribution is -0.118. The minimum absolute atomic E-state index is 0.115. The normalized spacial score (nSPS) is 16.0. The zero-order valence-corrected chi connectivity index (χ0v) is 14.7. The Morgan fingerprint density at radius 1 is 1.20 bits per heavy atom. The van der Waals surface area contributed by atoms with Crippen LogP contribution in [0.3, 0.4) is 0 Å². The van der Waals surface area contributed by atoms with Crippen LogP contribution in [0, 0.1) is 0 Å². The van der Waals surface area contributed by atoms with Gasteiger partial charge < -0.3 is 16.0 Å². The van der Waals surface area contributed by atoms with Gasteiger partial charge in [0, 0.05) is 18.8 Å². The molecule has 0 unspecified atom stereocenters. The molecule has 0 bridgehead atoms. The largest absolute Gasteiger partial charge is 0.352 e. The van der Waals surface area contributed by atoms with E-state index in [1.54, 1.807) is 18.2 Å². The standard InChI is InChI=1S/C19H20ClN3O2/c1-2-21-18(24)15-8-7-14(10-16(15)20)23-19(25)17-9-12-5-3-4-6-13(12)11-22-17/h3-8,10,17,22H,2,9,11H2,1H3,(H,21,24)(H,23,25)/t17-/m1/s1. The first kappa shape index (κ1) is 17.5. The molecule has 1 heterocycles. The fourth-order valence-electron chi connectivity index (χ4n) is 2.90. The molecule has 1 aliphatic heterocycles. The van der Waals surface area contributed by atoms with Crippen molar-refractivity contribution in [1.82, 2.24) is 10.6 Å². The molecular weight excluding hydrogens is 338 g/mol. The molecule has 0 aromatic heterocycles. The second-order valence-corrected chi connectivity index (χ2v) is 6.36. The van der Waals surface area contributed by atoms with Crippen LogP contribution < -0.4 is 16.0 Å². The van der Waals surface area contributed by atoms with Gasteiger partial charge in [-0.2, -0.15) is 0 Å². The van der Waals surface area contributed by atoms with Crippen LogP contribution in [0.15, 0.2) is 42.5 Å². The maximum atomic E-state index is 12.5. The van der Waals surface area contributed by atoms with Gasteiger partial charge in [-0.3, -0.25) is 9.59 Å². The molecule has 6 heteroatoms. The zero-order chi connectivity index (χ0) is 17.8. The molecule has 0 radical (unpaired) electrons. The highest BCUT2D eigenvalue weighted by molar-refractivity contribution is 6.34. The first-order valence-electron chi connectivity index (χ1n) is 8.27. The summed E-state index contributed by atoms with van der Waals surface area (Å²) in [5, 5.41) is 9.13. The van der Waals surface area contributed by atoms with Crippen molar-refractivity contribution in [2.75, 3.05) is 11.9 Å². The molecule has 0 spiro atoms. The van der Waals surface area contributed by atoms with Gasteiger partial charge in [-0.15, -0.1) is 0 Å². The molecule has 5 nitrogen and oxygen atoms in total. The summed E-state index contributed by atoms with van der Waals surface area (Å²) in [4.78, 5) is 24.4. The summed E-state index contributed by atoms with van der Waals surface area (Å²) < 4.78 is 0. The van der Waals surface area contributed by atoms with Crippen molar-refractivity contribution in [1.29, 1.82) is 0 Å². The number of hydrogen-bond donors (Lipinski definition) is 3. The lowest BCUT2D eigenvalue weighted by Gasteiger charge is -2.25. The lowest BCUT2D eigenvalue weighted by atomic mass is 9.95. The van der Waals surface area contributed by atoms with Crippen LogP contribution >= 0.6 is 11.6 Å². The van der Waals surface area contributed by atoms with E-state index in [1.807, 2.05) is 19.1 Å². The van der Waals surface area contributed by atoms with Crippen molar-refractivity contribution in [3.63, 3.8) is 0 Å². The van der Waals surface area contributed by atoms with Gasteiger partial charge in [0.05, 0.1) is 16.6 Å². The Kier molecular flexibility index (Phi) is 5.36. The van der Waals surface area contributed by atoms with Gasteiger partial charge in [-0.05, 0) is 42.7 Å². The minimum atomic E-state index is -0.295. The third kappa shape index (κ3) is 4.00. The van der Waals surface area contributed by atoms with E-state index in [2.05, 4.69) is 28.1 Å². The van der Waals surface area contributed by atoms with E-state index in [-0.39, 0.29) is 17.9 Å². The molecule has 0 saturated carbocycles. The number of hydrogen-bond acceptors (Lipinski definition) is 3. The molecule has 3 N–H and O–H groups in total. The summed E-state index contributed by atoms with van der Waals surface area (Å²) in [5.74, 6) is -0.340. The van der Waals surface area contributed by atoms with Crippen LogP contribution in [0.5, 0.6) is 0 Å². The Hall–Kier alpha value is -2.37. The first-order valence-corrected chi connectivity index (χ1v) is 8.65. The molecule has 0 saturated heterocycles. The molecule has 0 fully saturated rings. The van der Waals surface area contributed by atoms with Crippen molar-refractivity contribution in [2.45, 2.75) is 25.9 Å². The quantitative estimate of drug-likeness (QED) is 0.788. The number of fused-ring (bicyclic) bond motifs is 1. The number of carbonyl (C=O) groups is 2. The van der Waals surface area contributed by atoms with E-state index < -0.39 is 0 Å². The molecule has 2 aromatic rings. The van der Waals surface area contributed by atoms with E-state index in [9.17, 15) is 9.59 Å². The van der Waals surface area contributed by atoms with E-state index in [0.717, 1.165) is 0 Å². The maximum Gasteiger partial charge on any atom is 0.252 e. The highest BCUT2D eigenvalue weighted by Crippen LogP contribution is 2.22. The van der Waals surface area contributed by atoms with Gasteiger partial charge >= 0.3 is 0 Å². The van der Waals surface area contributed by atoms with Crippen LogP contribution in [0.25, 0.3) is 0 Å². The van der Waals surface area contributed by atoms with Gasteiger partial charge in [0.2, 0.25) is 5.91 Å². The highest BCUT2D eigenvalue weighted by atomic mass is 35.5. The maximum absolute atomic E-state index is 12.5. The van der Waals surface area contributed by atoms with Crippen molar-refractivity contribution in [3.8, 4) is 0 Å². The summed E-state index contributed by atoms with van der Waals surface area (Å²) in [7, 11) is 0. The number of halogens is 1. The van der Waals surface area contributed by atoms with Gasteiger partial charge in [0.1, 0.15) is 0 Å². The fourth-order valence-corrected chi connectivity index (χ4v) is 3.17. The van der Waals surface area contributed by atoms with Crippen molar-refractivity contribution < 1.29 is 9.59 Å². The monoisotopic (exact) mass is 357 g/mol. The number of anilines is 1. The Labute approximate surface area is 151 Å². The predicted molar refractivity (Wildman–Crippen MR) is 98.9 cm³/mol. The Balaban J connectivity index is 1.67. The van der Waals surface area contributed by atoms with Crippen molar-refractivity contribution in [2.24, 2.45) is 0 Å². The van der Waals surface area contributed by atoms with Crippen LogP contribution in [0.4, 0.5) is 5.69 Å². The van der Waals surface area contributed by atoms with Crippen LogP contribution in [-0.4, -0.2) is 24.4 Å². The molecule has 2 aromatic carbocycles. The van der Waals surface area contributed by atoms with Crippen LogP contribution in [-0.2, 0) is 17.8 Å².